The minimum atomic E-state index is -0.171. The number of amides is 1. The lowest BCUT2D eigenvalue weighted by atomic mass is 10.1. The van der Waals surface area contributed by atoms with Crippen molar-refractivity contribution in [2.24, 2.45) is 5.10 Å². The van der Waals surface area contributed by atoms with Gasteiger partial charge in [0.15, 0.2) is 4.96 Å². The molecule has 0 aliphatic rings. The third-order valence-corrected chi connectivity index (χ3v) is 4.26. The Labute approximate surface area is 148 Å². The van der Waals surface area contributed by atoms with Gasteiger partial charge in [-0.3, -0.25) is 9.20 Å². The summed E-state index contributed by atoms with van der Waals surface area (Å²) in [6.07, 6.45) is 3.54. The first-order valence-electron chi connectivity index (χ1n) is 7.22. The van der Waals surface area contributed by atoms with Crippen LogP contribution in [0.4, 0.5) is 0 Å². The van der Waals surface area contributed by atoms with Crippen molar-refractivity contribution in [1.29, 1.82) is 0 Å². The van der Waals surface area contributed by atoms with Gasteiger partial charge in [0.1, 0.15) is 0 Å². The predicted molar refractivity (Wildman–Crippen MR) is 97.8 cm³/mol. The van der Waals surface area contributed by atoms with Crippen LogP contribution < -0.4 is 5.43 Å². The number of hydrogen-bond acceptors (Lipinski definition) is 5. The first kappa shape index (κ1) is 16.6. The number of imidazole rings is 1. The molecule has 1 N–H and O–H groups in total. The number of fused-ring (bicyclic) bond motifs is 1. The summed E-state index contributed by atoms with van der Waals surface area (Å²) < 4.78 is 1.94. The van der Waals surface area contributed by atoms with Gasteiger partial charge in [0.2, 0.25) is 0 Å². The maximum absolute atomic E-state index is 11.7. The number of carbonyl (C=O) groups excluding carboxylic acids is 1. The van der Waals surface area contributed by atoms with Crippen LogP contribution in [0.25, 0.3) is 16.2 Å². The highest BCUT2D eigenvalue weighted by Gasteiger charge is 2.13. The molecule has 124 valence electrons. The third-order valence-electron chi connectivity index (χ3n) is 3.25. The van der Waals surface area contributed by atoms with E-state index in [-0.39, 0.29) is 12.5 Å². The fraction of sp³-hybridized carbons (Fsp3) is 0.188. The van der Waals surface area contributed by atoms with Crippen molar-refractivity contribution in [3.8, 4) is 11.3 Å². The first-order valence-corrected chi connectivity index (χ1v) is 8.48. The summed E-state index contributed by atoms with van der Waals surface area (Å²) in [7, 11) is 3.65. The highest BCUT2D eigenvalue weighted by molar-refractivity contribution is 7.15. The van der Waals surface area contributed by atoms with Crippen molar-refractivity contribution in [2.45, 2.75) is 0 Å². The minimum absolute atomic E-state index is 0.171. The molecule has 1 amide bonds. The second-order valence-electron chi connectivity index (χ2n) is 5.44. The van der Waals surface area contributed by atoms with Crippen LogP contribution in [0.2, 0.25) is 5.02 Å². The SMILES string of the molecule is CN(C)CC(=O)N/N=C/c1c(-c2ccc(Cl)cc2)nc2sccn12. The monoisotopic (exact) mass is 361 g/mol. The van der Waals surface area contributed by atoms with E-state index in [0.717, 1.165) is 21.9 Å². The van der Waals surface area contributed by atoms with E-state index in [1.54, 1.807) is 11.1 Å². The van der Waals surface area contributed by atoms with Gasteiger partial charge in [0.25, 0.3) is 5.91 Å². The van der Waals surface area contributed by atoms with Gasteiger partial charge in [-0.15, -0.1) is 11.3 Å². The predicted octanol–water partition coefficient (Wildman–Crippen LogP) is 2.73. The molecule has 0 atom stereocenters. The first-order chi connectivity index (χ1) is 11.5. The summed E-state index contributed by atoms with van der Waals surface area (Å²) in [5.41, 5.74) is 5.07. The van der Waals surface area contributed by atoms with E-state index in [0.29, 0.717) is 5.02 Å². The summed E-state index contributed by atoms with van der Waals surface area (Å²) >= 11 is 7.49. The Morgan fingerprint density at radius 2 is 2.17 bits per heavy atom. The molecule has 2 heterocycles. The smallest absolute Gasteiger partial charge is 0.254 e. The van der Waals surface area contributed by atoms with Crippen molar-refractivity contribution < 1.29 is 4.79 Å². The lowest BCUT2D eigenvalue weighted by Gasteiger charge is -2.06. The normalized spacial score (nSPS) is 11.7. The Balaban J connectivity index is 1.91. The molecule has 0 fully saturated rings. The second-order valence-corrected chi connectivity index (χ2v) is 6.75. The van der Waals surface area contributed by atoms with Gasteiger partial charge in [-0.05, 0) is 26.2 Å². The molecule has 0 unspecified atom stereocenters. The Morgan fingerprint density at radius 1 is 1.42 bits per heavy atom. The largest absolute Gasteiger partial charge is 0.301 e. The van der Waals surface area contributed by atoms with Gasteiger partial charge in [-0.2, -0.15) is 5.10 Å². The van der Waals surface area contributed by atoms with Crippen LogP contribution >= 0.6 is 22.9 Å². The molecule has 0 saturated carbocycles. The average Bonchev–Trinajstić information content (AvgIpc) is 3.09. The highest BCUT2D eigenvalue weighted by Crippen LogP contribution is 2.26. The Morgan fingerprint density at radius 3 is 2.88 bits per heavy atom. The van der Waals surface area contributed by atoms with Crippen LogP contribution in [-0.2, 0) is 4.79 Å². The number of aromatic nitrogens is 2. The van der Waals surface area contributed by atoms with Crippen LogP contribution in [0.3, 0.4) is 0 Å². The molecule has 1 aromatic carbocycles. The van der Waals surface area contributed by atoms with E-state index >= 15 is 0 Å². The zero-order chi connectivity index (χ0) is 17.1. The molecule has 24 heavy (non-hydrogen) atoms. The molecule has 6 nitrogen and oxygen atoms in total. The van der Waals surface area contributed by atoms with E-state index in [9.17, 15) is 4.79 Å². The maximum Gasteiger partial charge on any atom is 0.254 e. The average molecular weight is 362 g/mol. The Bertz CT molecular complexity index is 882. The zero-order valence-corrected chi connectivity index (χ0v) is 14.8. The van der Waals surface area contributed by atoms with Crippen LogP contribution in [0, 0.1) is 0 Å². The van der Waals surface area contributed by atoms with Crippen molar-refractivity contribution in [2.75, 3.05) is 20.6 Å². The number of rotatable bonds is 5. The number of thiazole rings is 1. The standard InChI is InChI=1S/C16H16ClN5OS/c1-21(2)10-14(23)20-18-9-13-15(11-3-5-12(17)6-4-11)19-16-22(13)7-8-24-16/h3-9H,10H2,1-2H3,(H,20,23)/b18-9+. The lowest BCUT2D eigenvalue weighted by Crippen LogP contribution is -2.30. The maximum atomic E-state index is 11.7. The Hall–Kier alpha value is -2.22. The number of carbonyl (C=O) groups is 1. The van der Waals surface area contributed by atoms with Gasteiger partial charge in [-0.1, -0.05) is 23.7 Å². The molecule has 3 aromatic rings. The topological polar surface area (TPSA) is 62.0 Å². The van der Waals surface area contributed by atoms with E-state index in [1.165, 1.54) is 11.3 Å². The van der Waals surface area contributed by atoms with Crippen LogP contribution in [0.5, 0.6) is 0 Å². The number of nitrogens with zero attached hydrogens (tertiary/aromatic N) is 4. The molecule has 0 radical (unpaired) electrons. The van der Waals surface area contributed by atoms with E-state index in [2.05, 4.69) is 15.5 Å². The number of nitrogens with one attached hydrogen (secondary N) is 1. The molecule has 0 bridgehead atoms. The third kappa shape index (κ3) is 3.64. The molecule has 0 aliphatic carbocycles. The molecule has 2 aromatic heterocycles. The fourth-order valence-corrected chi connectivity index (χ4v) is 3.08. The summed E-state index contributed by atoms with van der Waals surface area (Å²) in [6, 6.07) is 7.47. The minimum Gasteiger partial charge on any atom is -0.301 e. The lowest BCUT2D eigenvalue weighted by molar-refractivity contribution is -0.121. The number of hydrogen-bond donors (Lipinski definition) is 1. The number of benzene rings is 1. The number of hydrazone groups is 1. The number of likely N-dealkylation sites (N-methyl/N-ethyl adjacent to an activating group) is 1. The highest BCUT2D eigenvalue weighted by atomic mass is 35.5. The summed E-state index contributed by atoms with van der Waals surface area (Å²) in [5, 5.41) is 6.69. The molecule has 3 rings (SSSR count). The number of halogens is 1. The van der Waals surface area contributed by atoms with Gasteiger partial charge in [0.05, 0.1) is 24.1 Å². The van der Waals surface area contributed by atoms with Crippen molar-refractivity contribution in [3.05, 3.63) is 46.6 Å². The van der Waals surface area contributed by atoms with E-state index in [4.69, 9.17) is 11.6 Å². The summed E-state index contributed by atoms with van der Waals surface area (Å²) in [6.45, 7) is 0.279. The van der Waals surface area contributed by atoms with Crippen molar-refractivity contribution in [3.63, 3.8) is 0 Å². The summed E-state index contributed by atoms with van der Waals surface area (Å²) in [4.78, 5) is 19.0. The quantitative estimate of drug-likeness (QED) is 0.561. The Kier molecular flexibility index (Phi) is 4.94. The molecule has 0 aliphatic heterocycles. The van der Waals surface area contributed by atoms with Gasteiger partial charge in [0, 0.05) is 22.2 Å². The van der Waals surface area contributed by atoms with Crippen LogP contribution in [0.15, 0.2) is 40.9 Å². The van der Waals surface area contributed by atoms with Gasteiger partial charge < -0.3 is 4.90 Å². The fourth-order valence-electron chi connectivity index (χ4n) is 2.23. The molecular formula is C16H16ClN5OS. The molecular weight excluding hydrogens is 346 g/mol. The molecule has 8 heteroatoms. The van der Waals surface area contributed by atoms with Crippen LogP contribution in [-0.4, -0.2) is 47.0 Å². The molecule has 0 saturated heterocycles. The van der Waals surface area contributed by atoms with Gasteiger partial charge >= 0.3 is 0 Å². The van der Waals surface area contributed by atoms with Crippen LogP contribution in [0.1, 0.15) is 5.69 Å². The van der Waals surface area contributed by atoms with Gasteiger partial charge in [-0.25, -0.2) is 10.4 Å². The van der Waals surface area contributed by atoms with Crippen molar-refractivity contribution >= 4 is 40.0 Å². The van der Waals surface area contributed by atoms with E-state index < -0.39 is 0 Å². The van der Waals surface area contributed by atoms with E-state index in [1.807, 2.05) is 54.3 Å². The zero-order valence-electron chi connectivity index (χ0n) is 13.2. The van der Waals surface area contributed by atoms with Crippen molar-refractivity contribution in [1.82, 2.24) is 19.7 Å². The second kappa shape index (κ2) is 7.12. The summed E-state index contributed by atoms with van der Waals surface area (Å²) in [5.74, 6) is -0.171. The molecule has 0 spiro atoms.